The van der Waals surface area contributed by atoms with Crippen molar-refractivity contribution in [3.05, 3.63) is 82.2 Å². The molecule has 0 fully saturated rings. The standard InChI is InChI=1S/C23H19N3O5/c1-12-18(23(30)31-3)13(2)24-19(12)20(27)25-14-7-6-8-15(11-14)26-21(28)16-9-4-5-10-17(16)22(26)29/h4-11,24H,1-3H3,(H,25,27). The molecule has 0 aliphatic carbocycles. The summed E-state index contributed by atoms with van der Waals surface area (Å²) in [6, 6.07) is 13.1. The number of imide groups is 1. The van der Waals surface area contributed by atoms with E-state index in [0.29, 0.717) is 39.3 Å². The second-order valence-electron chi connectivity index (χ2n) is 7.11. The van der Waals surface area contributed by atoms with Gasteiger partial charge in [-0.25, -0.2) is 9.69 Å². The van der Waals surface area contributed by atoms with Gasteiger partial charge in [-0.15, -0.1) is 0 Å². The zero-order chi connectivity index (χ0) is 22.3. The van der Waals surface area contributed by atoms with Gasteiger partial charge in [0.15, 0.2) is 0 Å². The SMILES string of the molecule is COC(=O)c1c(C)[nH]c(C(=O)Nc2cccc(N3C(=O)c4ccccc4C3=O)c2)c1C. The Bertz CT molecular complexity index is 1220. The minimum Gasteiger partial charge on any atom is -0.465 e. The largest absolute Gasteiger partial charge is 0.465 e. The molecule has 8 heteroatoms. The molecule has 31 heavy (non-hydrogen) atoms. The highest BCUT2D eigenvalue weighted by molar-refractivity contribution is 6.34. The van der Waals surface area contributed by atoms with Crippen LogP contribution in [-0.2, 0) is 4.74 Å². The maximum Gasteiger partial charge on any atom is 0.339 e. The number of aryl methyl sites for hydroxylation is 1. The number of nitrogens with one attached hydrogen (secondary N) is 2. The van der Waals surface area contributed by atoms with Crippen molar-refractivity contribution in [1.29, 1.82) is 0 Å². The first-order valence-electron chi connectivity index (χ1n) is 9.50. The van der Waals surface area contributed by atoms with Gasteiger partial charge in [0.2, 0.25) is 0 Å². The van der Waals surface area contributed by atoms with Crippen LogP contribution in [0.3, 0.4) is 0 Å². The summed E-state index contributed by atoms with van der Waals surface area (Å²) < 4.78 is 4.77. The Morgan fingerprint density at radius 3 is 2.23 bits per heavy atom. The van der Waals surface area contributed by atoms with Crippen molar-refractivity contribution in [1.82, 2.24) is 4.98 Å². The van der Waals surface area contributed by atoms with E-state index in [4.69, 9.17) is 4.74 Å². The van der Waals surface area contributed by atoms with E-state index >= 15 is 0 Å². The Balaban J connectivity index is 1.61. The first-order chi connectivity index (χ1) is 14.8. The number of carbonyl (C=O) groups is 4. The molecule has 0 atom stereocenters. The molecule has 156 valence electrons. The Kier molecular flexibility index (Phi) is 4.90. The number of benzene rings is 2. The molecule has 2 N–H and O–H groups in total. The second kappa shape index (κ2) is 7.56. The molecule has 8 nitrogen and oxygen atoms in total. The van der Waals surface area contributed by atoms with Gasteiger partial charge in [0, 0.05) is 11.4 Å². The van der Waals surface area contributed by atoms with Crippen molar-refractivity contribution in [2.24, 2.45) is 0 Å². The van der Waals surface area contributed by atoms with E-state index in [-0.39, 0.29) is 5.69 Å². The van der Waals surface area contributed by atoms with E-state index in [0.717, 1.165) is 4.90 Å². The molecule has 0 radical (unpaired) electrons. The van der Waals surface area contributed by atoms with Crippen LogP contribution in [0, 0.1) is 13.8 Å². The molecule has 4 rings (SSSR count). The lowest BCUT2D eigenvalue weighted by Crippen LogP contribution is -2.29. The Hall–Kier alpha value is -4.20. The topological polar surface area (TPSA) is 109 Å². The van der Waals surface area contributed by atoms with E-state index in [9.17, 15) is 19.2 Å². The van der Waals surface area contributed by atoms with E-state index < -0.39 is 23.7 Å². The lowest BCUT2D eigenvalue weighted by Gasteiger charge is -2.15. The fourth-order valence-corrected chi connectivity index (χ4v) is 3.73. The Morgan fingerprint density at radius 2 is 1.61 bits per heavy atom. The van der Waals surface area contributed by atoms with Crippen LogP contribution in [0.5, 0.6) is 0 Å². The number of H-pyrrole nitrogens is 1. The molecular weight excluding hydrogens is 398 g/mol. The van der Waals surface area contributed by atoms with Crippen molar-refractivity contribution in [2.45, 2.75) is 13.8 Å². The summed E-state index contributed by atoms with van der Waals surface area (Å²) in [4.78, 5) is 54.2. The van der Waals surface area contributed by atoms with Gasteiger partial charge >= 0.3 is 5.97 Å². The number of methoxy groups -OCH3 is 1. The Labute approximate surface area is 177 Å². The molecule has 0 spiro atoms. The number of aromatic nitrogens is 1. The smallest absolute Gasteiger partial charge is 0.339 e. The highest BCUT2D eigenvalue weighted by Gasteiger charge is 2.36. The maximum atomic E-state index is 12.8. The summed E-state index contributed by atoms with van der Waals surface area (Å²) in [6.07, 6.45) is 0. The molecule has 1 aliphatic heterocycles. The summed E-state index contributed by atoms with van der Waals surface area (Å²) in [5.74, 6) is -1.82. The number of ether oxygens (including phenoxy) is 1. The number of amides is 3. The van der Waals surface area contributed by atoms with Gasteiger partial charge in [-0.2, -0.15) is 0 Å². The summed E-state index contributed by atoms with van der Waals surface area (Å²) >= 11 is 0. The van der Waals surface area contributed by atoms with Gasteiger partial charge in [-0.05, 0) is 49.7 Å². The number of hydrogen-bond donors (Lipinski definition) is 2. The average Bonchev–Trinajstić information content (AvgIpc) is 3.20. The normalized spacial score (nSPS) is 12.7. The number of carbonyl (C=O) groups excluding carboxylic acids is 4. The Morgan fingerprint density at radius 1 is 0.968 bits per heavy atom. The predicted molar refractivity (Wildman–Crippen MR) is 114 cm³/mol. The summed E-state index contributed by atoms with van der Waals surface area (Å²) in [7, 11) is 1.28. The van der Waals surface area contributed by atoms with E-state index in [1.807, 2.05) is 0 Å². The first kappa shape index (κ1) is 20.1. The monoisotopic (exact) mass is 417 g/mol. The van der Waals surface area contributed by atoms with Crippen LogP contribution < -0.4 is 10.2 Å². The molecule has 2 aromatic carbocycles. The maximum absolute atomic E-state index is 12.8. The third-order valence-corrected chi connectivity index (χ3v) is 5.21. The fraction of sp³-hybridized carbons (Fsp3) is 0.130. The highest BCUT2D eigenvalue weighted by atomic mass is 16.5. The molecule has 3 aromatic rings. The molecule has 0 unspecified atom stereocenters. The van der Waals surface area contributed by atoms with Gasteiger partial charge < -0.3 is 15.0 Å². The summed E-state index contributed by atoms with van der Waals surface area (Å²) in [5, 5.41) is 2.74. The van der Waals surface area contributed by atoms with Crippen LogP contribution in [-0.4, -0.2) is 35.8 Å². The average molecular weight is 417 g/mol. The van der Waals surface area contributed by atoms with Crippen LogP contribution >= 0.6 is 0 Å². The van der Waals surface area contributed by atoms with Crippen molar-refractivity contribution < 1.29 is 23.9 Å². The number of esters is 1. The van der Waals surface area contributed by atoms with Gasteiger partial charge in [-0.1, -0.05) is 18.2 Å². The third kappa shape index (κ3) is 3.28. The molecule has 0 bridgehead atoms. The minimum atomic E-state index is -0.530. The van der Waals surface area contributed by atoms with Crippen molar-refractivity contribution in [2.75, 3.05) is 17.3 Å². The molecular formula is C23H19N3O5. The zero-order valence-electron chi connectivity index (χ0n) is 17.1. The molecule has 1 aromatic heterocycles. The number of hydrogen-bond acceptors (Lipinski definition) is 5. The van der Waals surface area contributed by atoms with E-state index in [1.165, 1.54) is 7.11 Å². The van der Waals surface area contributed by atoms with Crippen LogP contribution in [0.15, 0.2) is 48.5 Å². The fourth-order valence-electron chi connectivity index (χ4n) is 3.73. The third-order valence-electron chi connectivity index (χ3n) is 5.21. The molecule has 2 heterocycles. The second-order valence-corrected chi connectivity index (χ2v) is 7.11. The van der Waals surface area contributed by atoms with Gasteiger partial charge in [0.25, 0.3) is 17.7 Å². The lowest BCUT2D eigenvalue weighted by molar-refractivity contribution is 0.0599. The summed E-state index contributed by atoms with van der Waals surface area (Å²) in [5.41, 5.74) is 2.96. The number of rotatable bonds is 4. The number of nitrogens with zero attached hydrogens (tertiary/aromatic N) is 1. The van der Waals surface area contributed by atoms with Crippen molar-refractivity contribution >= 4 is 35.1 Å². The highest BCUT2D eigenvalue weighted by Crippen LogP contribution is 2.30. The number of fused-ring (bicyclic) bond motifs is 1. The predicted octanol–water partition coefficient (Wildman–Crippen LogP) is 3.47. The summed E-state index contributed by atoms with van der Waals surface area (Å²) in [6.45, 7) is 3.33. The van der Waals surface area contributed by atoms with Crippen LogP contribution in [0.25, 0.3) is 0 Å². The molecule has 0 saturated heterocycles. The van der Waals surface area contributed by atoms with Gasteiger partial charge in [-0.3, -0.25) is 14.4 Å². The first-order valence-corrected chi connectivity index (χ1v) is 9.50. The molecule has 1 aliphatic rings. The van der Waals surface area contributed by atoms with Crippen LogP contribution in [0.4, 0.5) is 11.4 Å². The van der Waals surface area contributed by atoms with E-state index in [2.05, 4.69) is 10.3 Å². The van der Waals surface area contributed by atoms with Crippen LogP contribution in [0.2, 0.25) is 0 Å². The van der Waals surface area contributed by atoms with Gasteiger partial charge in [0.1, 0.15) is 5.69 Å². The minimum absolute atomic E-state index is 0.226. The van der Waals surface area contributed by atoms with Crippen LogP contribution in [0.1, 0.15) is 52.8 Å². The molecule has 0 saturated carbocycles. The van der Waals surface area contributed by atoms with Gasteiger partial charge in [0.05, 0.1) is 29.5 Å². The zero-order valence-corrected chi connectivity index (χ0v) is 17.1. The van der Waals surface area contributed by atoms with E-state index in [1.54, 1.807) is 62.4 Å². The quantitative estimate of drug-likeness (QED) is 0.499. The van der Waals surface area contributed by atoms with Crippen molar-refractivity contribution in [3.63, 3.8) is 0 Å². The number of anilines is 2. The van der Waals surface area contributed by atoms with Crippen molar-refractivity contribution in [3.8, 4) is 0 Å². The lowest BCUT2D eigenvalue weighted by atomic mass is 10.1. The number of aromatic amines is 1. The molecule has 3 amide bonds.